The highest BCUT2D eigenvalue weighted by Gasteiger charge is 2.34. The summed E-state index contributed by atoms with van der Waals surface area (Å²) in [4.78, 5) is 9.13. The first-order valence-corrected chi connectivity index (χ1v) is 8.72. The Balaban J connectivity index is 2.25. The van der Waals surface area contributed by atoms with Crippen LogP contribution in [0.2, 0.25) is 0 Å². The van der Waals surface area contributed by atoms with Crippen LogP contribution < -0.4 is 10.6 Å². The van der Waals surface area contributed by atoms with Crippen molar-refractivity contribution < 1.29 is 26.3 Å². The van der Waals surface area contributed by atoms with E-state index in [1.807, 2.05) is 4.90 Å². The molecule has 154 valence electrons. The normalized spacial score (nSPS) is 12.3. The van der Waals surface area contributed by atoms with Crippen molar-refractivity contribution in [3.05, 3.63) is 36.0 Å². The molecule has 0 atom stereocenters. The standard InChI is InChI=1S/C16H17F6N5S/c1-27(2)7-6-23-14-25-12(15(17,18)19)9-13(26-14)24-10-4-3-5-11(8-10)28-16(20,21)22/h3-5,8-9H,6-7H2,1-2H3,(H2,23,24,25,26). The molecule has 2 aromatic rings. The molecule has 0 spiro atoms. The molecule has 0 fully saturated rings. The second-order valence-corrected chi connectivity index (χ2v) is 7.03. The van der Waals surface area contributed by atoms with Crippen LogP contribution in [0.1, 0.15) is 5.69 Å². The maximum atomic E-state index is 13.1. The molecule has 0 amide bonds. The van der Waals surface area contributed by atoms with E-state index in [1.165, 1.54) is 24.3 Å². The third-order valence-corrected chi connectivity index (χ3v) is 3.92. The topological polar surface area (TPSA) is 53.1 Å². The number of alkyl halides is 6. The fourth-order valence-corrected chi connectivity index (χ4v) is 2.65. The highest BCUT2D eigenvalue weighted by atomic mass is 32.2. The predicted molar refractivity (Wildman–Crippen MR) is 95.7 cm³/mol. The van der Waals surface area contributed by atoms with Gasteiger partial charge in [-0.3, -0.25) is 0 Å². The quantitative estimate of drug-likeness (QED) is 0.490. The van der Waals surface area contributed by atoms with Crippen molar-refractivity contribution in [2.75, 3.05) is 37.8 Å². The van der Waals surface area contributed by atoms with E-state index in [0.29, 0.717) is 19.2 Å². The van der Waals surface area contributed by atoms with Crippen LogP contribution in [0.5, 0.6) is 0 Å². The summed E-state index contributed by atoms with van der Waals surface area (Å²) < 4.78 is 76.8. The summed E-state index contributed by atoms with van der Waals surface area (Å²) in [7, 11) is 3.60. The third kappa shape index (κ3) is 7.43. The minimum atomic E-state index is -4.70. The second kappa shape index (κ2) is 8.86. The highest BCUT2D eigenvalue weighted by Crippen LogP contribution is 2.38. The number of likely N-dealkylation sites (N-methyl/N-ethyl adjacent to an activating group) is 1. The molecule has 2 rings (SSSR count). The van der Waals surface area contributed by atoms with Crippen LogP contribution in [-0.2, 0) is 6.18 Å². The Kier molecular flexibility index (Phi) is 6.99. The summed E-state index contributed by atoms with van der Waals surface area (Å²) in [5.74, 6) is -0.427. The average Bonchev–Trinajstić information content (AvgIpc) is 2.52. The predicted octanol–water partition coefficient (Wildman–Crippen LogP) is 4.82. The van der Waals surface area contributed by atoms with E-state index in [4.69, 9.17) is 0 Å². The highest BCUT2D eigenvalue weighted by molar-refractivity contribution is 8.00. The van der Waals surface area contributed by atoms with Crippen molar-refractivity contribution in [2.45, 2.75) is 16.6 Å². The molecule has 0 bridgehead atoms. The molecule has 0 aliphatic rings. The molecule has 1 heterocycles. The Labute approximate surface area is 161 Å². The van der Waals surface area contributed by atoms with Gasteiger partial charge in [-0.2, -0.15) is 31.3 Å². The number of nitrogens with one attached hydrogen (secondary N) is 2. The molecule has 1 aromatic heterocycles. The van der Waals surface area contributed by atoms with E-state index >= 15 is 0 Å². The Morgan fingerprint density at radius 1 is 1.04 bits per heavy atom. The summed E-state index contributed by atoms with van der Waals surface area (Å²) >= 11 is -0.320. The van der Waals surface area contributed by atoms with Crippen molar-refractivity contribution in [1.29, 1.82) is 0 Å². The summed E-state index contributed by atoms with van der Waals surface area (Å²) in [5.41, 5.74) is -5.47. The van der Waals surface area contributed by atoms with Crippen molar-refractivity contribution in [3.63, 3.8) is 0 Å². The number of thioether (sulfide) groups is 1. The Morgan fingerprint density at radius 3 is 2.36 bits per heavy atom. The van der Waals surface area contributed by atoms with Gasteiger partial charge >= 0.3 is 11.7 Å². The van der Waals surface area contributed by atoms with Gasteiger partial charge in [-0.15, -0.1) is 0 Å². The van der Waals surface area contributed by atoms with E-state index < -0.39 is 17.4 Å². The Hall–Kier alpha value is -2.21. The van der Waals surface area contributed by atoms with Crippen LogP contribution in [0.4, 0.5) is 43.8 Å². The zero-order valence-corrected chi connectivity index (χ0v) is 15.6. The van der Waals surface area contributed by atoms with Crippen LogP contribution in [0, 0.1) is 0 Å². The molecule has 5 nitrogen and oxygen atoms in total. The van der Waals surface area contributed by atoms with E-state index in [9.17, 15) is 26.3 Å². The van der Waals surface area contributed by atoms with E-state index in [1.54, 1.807) is 14.1 Å². The molecule has 0 aliphatic heterocycles. The molecule has 0 aliphatic carbocycles. The zero-order chi connectivity index (χ0) is 20.9. The van der Waals surface area contributed by atoms with Gasteiger partial charge in [0.1, 0.15) is 5.82 Å². The number of halogens is 6. The third-order valence-electron chi connectivity index (χ3n) is 3.20. The number of benzene rings is 1. The van der Waals surface area contributed by atoms with Crippen molar-refractivity contribution in [1.82, 2.24) is 14.9 Å². The van der Waals surface area contributed by atoms with Gasteiger partial charge in [0.2, 0.25) is 5.95 Å². The van der Waals surface area contributed by atoms with Gasteiger partial charge in [0, 0.05) is 29.7 Å². The summed E-state index contributed by atoms with van der Waals surface area (Å²) in [6.45, 7) is 0.852. The molecular formula is C16H17F6N5S. The number of aromatic nitrogens is 2. The number of rotatable bonds is 7. The summed E-state index contributed by atoms with van der Waals surface area (Å²) in [6, 6.07) is 5.90. The lowest BCUT2D eigenvalue weighted by molar-refractivity contribution is -0.141. The van der Waals surface area contributed by atoms with Gasteiger partial charge in [-0.25, -0.2) is 4.98 Å². The van der Waals surface area contributed by atoms with E-state index in [0.717, 1.165) is 0 Å². The van der Waals surface area contributed by atoms with Crippen LogP contribution >= 0.6 is 11.8 Å². The number of anilines is 3. The molecule has 2 N–H and O–H groups in total. The van der Waals surface area contributed by atoms with Gasteiger partial charge in [-0.1, -0.05) is 6.07 Å². The van der Waals surface area contributed by atoms with Gasteiger partial charge in [0.05, 0.1) is 0 Å². The lowest BCUT2D eigenvalue weighted by Crippen LogP contribution is -2.22. The van der Waals surface area contributed by atoms with Crippen LogP contribution in [0.15, 0.2) is 35.2 Å². The molecule has 0 unspecified atom stereocenters. The van der Waals surface area contributed by atoms with Gasteiger partial charge in [0.25, 0.3) is 0 Å². The van der Waals surface area contributed by atoms with E-state index in [2.05, 4.69) is 20.6 Å². The first-order valence-electron chi connectivity index (χ1n) is 7.90. The number of hydrogen-bond acceptors (Lipinski definition) is 6. The Morgan fingerprint density at radius 2 is 1.75 bits per heavy atom. The SMILES string of the molecule is CN(C)CCNc1nc(Nc2cccc(SC(F)(F)F)c2)cc(C(F)(F)F)n1. The molecule has 0 radical (unpaired) electrons. The first-order chi connectivity index (χ1) is 12.9. The number of hydrogen-bond donors (Lipinski definition) is 2. The molecule has 0 saturated heterocycles. The minimum absolute atomic E-state index is 0.105. The molecule has 0 saturated carbocycles. The van der Waals surface area contributed by atoms with Gasteiger partial charge in [0.15, 0.2) is 5.69 Å². The fraction of sp³-hybridized carbons (Fsp3) is 0.375. The maximum absolute atomic E-state index is 13.1. The van der Waals surface area contributed by atoms with Crippen molar-refractivity contribution in [2.24, 2.45) is 0 Å². The number of nitrogens with zero attached hydrogens (tertiary/aromatic N) is 3. The average molecular weight is 425 g/mol. The second-order valence-electron chi connectivity index (χ2n) is 5.89. The molecule has 1 aromatic carbocycles. The zero-order valence-electron chi connectivity index (χ0n) is 14.8. The largest absolute Gasteiger partial charge is 0.446 e. The first kappa shape index (κ1) is 22.1. The monoisotopic (exact) mass is 425 g/mol. The fourth-order valence-electron chi connectivity index (χ4n) is 2.05. The summed E-state index contributed by atoms with van der Waals surface area (Å²) in [6.07, 6.45) is -4.70. The van der Waals surface area contributed by atoms with Crippen LogP contribution in [0.25, 0.3) is 0 Å². The smallest absolute Gasteiger partial charge is 0.353 e. The molecule has 12 heteroatoms. The van der Waals surface area contributed by atoms with Crippen LogP contribution in [-0.4, -0.2) is 47.6 Å². The lowest BCUT2D eigenvalue weighted by Gasteiger charge is -2.14. The van der Waals surface area contributed by atoms with Crippen LogP contribution in [0.3, 0.4) is 0 Å². The lowest BCUT2D eigenvalue weighted by atomic mass is 10.3. The Bertz CT molecular complexity index is 794. The summed E-state index contributed by atoms with van der Waals surface area (Å²) in [5, 5.41) is 5.30. The van der Waals surface area contributed by atoms with E-state index in [-0.39, 0.29) is 34.1 Å². The minimum Gasteiger partial charge on any atom is -0.353 e. The van der Waals surface area contributed by atoms with Crippen molar-refractivity contribution >= 4 is 29.2 Å². The van der Waals surface area contributed by atoms with Crippen molar-refractivity contribution in [3.8, 4) is 0 Å². The van der Waals surface area contributed by atoms with Gasteiger partial charge < -0.3 is 15.5 Å². The molecule has 28 heavy (non-hydrogen) atoms. The molecular weight excluding hydrogens is 408 g/mol. The van der Waals surface area contributed by atoms with Gasteiger partial charge in [-0.05, 0) is 44.1 Å². The maximum Gasteiger partial charge on any atom is 0.446 e.